The molecule has 1 saturated carbocycles. The highest BCUT2D eigenvalue weighted by Gasteiger charge is 2.15. The lowest BCUT2D eigenvalue weighted by Crippen LogP contribution is -2.10. The normalized spacial score (nSPS) is 27.1. The molecule has 0 atom stereocenters. The number of nitrogens with zero attached hydrogens (tertiary/aromatic N) is 1. The molecular formula is C15H23N. The molecule has 1 heteroatoms. The summed E-state index contributed by atoms with van der Waals surface area (Å²) in [5, 5.41) is 0. The molecular weight excluding hydrogens is 194 g/mol. The summed E-state index contributed by atoms with van der Waals surface area (Å²) in [6, 6.07) is 6.28. The van der Waals surface area contributed by atoms with Crippen LogP contribution >= 0.6 is 0 Å². The molecule has 0 N–H and O–H groups in total. The molecule has 1 aliphatic rings. The Labute approximate surface area is 99.3 Å². The van der Waals surface area contributed by atoms with Crippen LogP contribution in [0.25, 0.3) is 0 Å². The lowest BCUT2D eigenvalue weighted by atomic mass is 9.84. The van der Waals surface area contributed by atoms with E-state index in [0.29, 0.717) is 0 Å². The quantitative estimate of drug-likeness (QED) is 0.722. The standard InChI is InChI=1S/C15H23N/c1-13-6-4-8-14(9-5-7-13)12-15-10-2-3-11-16-15/h2-3,10-11,13-14H,4-9,12H2,1H3. The van der Waals surface area contributed by atoms with E-state index in [0.717, 1.165) is 11.8 Å². The summed E-state index contributed by atoms with van der Waals surface area (Å²) in [6.07, 6.45) is 11.6. The molecule has 1 aromatic rings. The van der Waals surface area contributed by atoms with E-state index in [1.54, 1.807) is 0 Å². The Kier molecular flexibility index (Phi) is 4.38. The third kappa shape index (κ3) is 3.62. The molecule has 0 radical (unpaired) electrons. The molecule has 2 rings (SSSR count). The average Bonchev–Trinajstić information content (AvgIpc) is 2.27. The number of rotatable bonds is 2. The molecule has 0 spiro atoms. The van der Waals surface area contributed by atoms with Gasteiger partial charge in [0.15, 0.2) is 0 Å². The lowest BCUT2D eigenvalue weighted by molar-refractivity contribution is 0.327. The second kappa shape index (κ2) is 6.03. The SMILES string of the molecule is CC1CCCC(Cc2ccccn2)CCC1. The molecule has 0 bridgehead atoms. The van der Waals surface area contributed by atoms with E-state index in [1.165, 1.54) is 50.6 Å². The van der Waals surface area contributed by atoms with Crippen molar-refractivity contribution in [2.24, 2.45) is 11.8 Å². The minimum Gasteiger partial charge on any atom is -0.261 e. The topological polar surface area (TPSA) is 12.9 Å². The maximum absolute atomic E-state index is 4.44. The molecule has 0 unspecified atom stereocenters. The van der Waals surface area contributed by atoms with Crippen molar-refractivity contribution in [3.05, 3.63) is 30.1 Å². The van der Waals surface area contributed by atoms with Gasteiger partial charge >= 0.3 is 0 Å². The van der Waals surface area contributed by atoms with Crippen LogP contribution in [0.2, 0.25) is 0 Å². The molecule has 0 saturated heterocycles. The first kappa shape index (κ1) is 11.6. The molecule has 1 aromatic heterocycles. The smallest absolute Gasteiger partial charge is 0.0406 e. The summed E-state index contributed by atoms with van der Waals surface area (Å²) in [4.78, 5) is 4.44. The van der Waals surface area contributed by atoms with E-state index in [4.69, 9.17) is 0 Å². The van der Waals surface area contributed by atoms with E-state index in [1.807, 2.05) is 12.3 Å². The molecule has 88 valence electrons. The van der Waals surface area contributed by atoms with Gasteiger partial charge in [-0.05, 0) is 30.4 Å². The maximum Gasteiger partial charge on any atom is 0.0406 e. The fourth-order valence-corrected chi connectivity index (χ4v) is 2.82. The van der Waals surface area contributed by atoms with Gasteiger partial charge in [0.1, 0.15) is 0 Å². The third-order valence-corrected chi connectivity index (χ3v) is 3.84. The van der Waals surface area contributed by atoms with Gasteiger partial charge in [-0.1, -0.05) is 51.5 Å². The summed E-state index contributed by atoms with van der Waals surface area (Å²) in [6.45, 7) is 2.40. The first-order valence-electron chi connectivity index (χ1n) is 6.74. The van der Waals surface area contributed by atoms with E-state index < -0.39 is 0 Å². The predicted molar refractivity (Wildman–Crippen MR) is 68.3 cm³/mol. The predicted octanol–water partition coefficient (Wildman–Crippen LogP) is 4.23. The summed E-state index contributed by atoms with van der Waals surface area (Å²) < 4.78 is 0. The van der Waals surface area contributed by atoms with Crippen molar-refractivity contribution in [2.75, 3.05) is 0 Å². The molecule has 1 nitrogen and oxygen atoms in total. The van der Waals surface area contributed by atoms with Crippen molar-refractivity contribution in [1.82, 2.24) is 4.98 Å². The van der Waals surface area contributed by atoms with Crippen LogP contribution in [0, 0.1) is 11.8 Å². The van der Waals surface area contributed by atoms with Crippen LogP contribution < -0.4 is 0 Å². The van der Waals surface area contributed by atoms with Gasteiger partial charge in [0, 0.05) is 11.9 Å². The van der Waals surface area contributed by atoms with Crippen molar-refractivity contribution in [1.29, 1.82) is 0 Å². The van der Waals surface area contributed by atoms with Crippen molar-refractivity contribution < 1.29 is 0 Å². The van der Waals surface area contributed by atoms with E-state index in [2.05, 4.69) is 24.0 Å². The summed E-state index contributed by atoms with van der Waals surface area (Å²) in [7, 11) is 0. The van der Waals surface area contributed by atoms with Crippen molar-refractivity contribution in [3.8, 4) is 0 Å². The highest BCUT2D eigenvalue weighted by atomic mass is 14.7. The second-order valence-corrected chi connectivity index (χ2v) is 5.36. The fraction of sp³-hybridized carbons (Fsp3) is 0.667. The van der Waals surface area contributed by atoms with E-state index in [-0.39, 0.29) is 0 Å². The third-order valence-electron chi connectivity index (χ3n) is 3.84. The number of hydrogen-bond acceptors (Lipinski definition) is 1. The zero-order valence-corrected chi connectivity index (χ0v) is 10.4. The Bertz CT molecular complexity index is 284. The van der Waals surface area contributed by atoms with Crippen LogP contribution in [0.15, 0.2) is 24.4 Å². The highest BCUT2D eigenvalue weighted by molar-refractivity contribution is 5.04. The monoisotopic (exact) mass is 217 g/mol. The summed E-state index contributed by atoms with van der Waals surface area (Å²) in [5.41, 5.74) is 1.28. The fourth-order valence-electron chi connectivity index (χ4n) is 2.82. The van der Waals surface area contributed by atoms with Crippen LogP contribution in [-0.2, 0) is 6.42 Å². The van der Waals surface area contributed by atoms with Gasteiger partial charge in [0.05, 0.1) is 0 Å². The molecule has 1 aliphatic carbocycles. The largest absolute Gasteiger partial charge is 0.261 e. The first-order chi connectivity index (χ1) is 7.84. The van der Waals surface area contributed by atoms with Crippen molar-refractivity contribution in [2.45, 2.75) is 51.9 Å². The van der Waals surface area contributed by atoms with Crippen LogP contribution in [0.4, 0.5) is 0 Å². The Morgan fingerprint density at radius 2 is 1.88 bits per heavy atom. The molecule has 16 heavy (non-hydrogen) atoms. The molecule has 0 aromatic carbocycles. The average molecular weight is 217 g/mol. The molecule has 1 heterocycles. The van der Waals surface area contributed by atoms with Gasteiger partial charge in [-0.25, -0.2) is 0 Å². The van der Waals surface area contributed by atoms with Crippen LogP contribution in [-0.4, -0.2) is 4.98 Å². The number of aromatic nitrogens is 1. The molecule has 0 aliphatic heterocycles. The summed E-state index contributed by atoms with van der Waals surface area (Å²) >= 11 is 0. The highest BCUT2D eigenvalue weighted by Crippen LogP contribution is 2.27. The van der Waals surface area contributed by atoms with Gasteiger partial charge in [0.25, 0.3) is 0 Å². The number of hydrogen-bond donors (Lipinski definition) is 0. The van der Waals surface area contributed by atoms with Crippen molar-refractivity contribution >= 4 is 0 Å². The Morgan fingerprint density at radius 3 is 2.50 bits per heavy atom. The Balaban J connectivity index is 1.85. The van der Waals surface area contributed by atoms with Gasteiger partial charge in [-0.15, -0.1) is 0 Å². The van der Waals surface area contributed by atoms with Crippen LogP contribution in [0.3, 0.4) is 0 Å². The molecule has 1 fully saturated rings. The maximum atomic E-state index is 4.44. The first-order valence-corrected chi connectivity index (χ1v) is 6.74. The van der Waals surface area contributed by atoms with Crippen molar-refractivity contribution in [3.63, 3.8) is 0 Å². The van der Waals surface area contributed by atoms with Gasteiger partial charge in [0.2, 0.25) is 0 Å². The van der Waals surface area contributed by atoms with E-state index in [9.17, 15) is 0 Å². The van der Waals surface area contributed by atoms with E-state index >= 15 is 0 Å². The zero-order chi connectivity index (χ0) is 11.2. The Morgan fingerprint density at radius 1 is 1.12 bits per heavy atom. The lowest BCUT2D eigenvalue weighted by Gasteiger charge is -2.22. The van der Waals surface area contributed by atoms with Gasteiger partial charge < -0.3 is 0 Å². The minimum atomic E-state index is 0.877. The molecule has 0 amide bonds. The Hall–Kier alpha value is -0.850. The second-order valence-electron chi connectivity index (χ2n) is 5.36. The van der Waals surface area contributed by atoms with Gasteiger partial charge in [-0.2, -0.15) is 0 Å². The zero-order valence-electron chi connectivity index (χ0n) is 10.4. The number of pyridine rings is 1. The van der Waals surface area contributed by atoms with Gasteiger partial charge in [-0.3, -0.25) is 4.98 Å². The van der Waals surface area contributed by atoms with Crippen LogP contribution in [0.1, 0.15) is 51.1 Å². The summed E-state index contributed by atoms with van der Waals surface area (Å²) in [5.74, 6) is 1.83. The van der Waals surface area contributed by atoms with Crippen LogP contribution in [0.5, 0.6) is 0 Å². The minimum absolute atomic E-state index is 0.877.